The maximum atomic E-state index is 13.4. The van der Waals surface area contributed by atoms with Gasteiger partial charge in [-0.05, 0) is 60.2 Å². The summed E-state index contributed by atoms with van der Waals surface area (Å²) in [6.07, 6.45) is 3.68. The molecule has 0 bridgehead atoms. The fourth-order valence-electron chi connectivity index (χ4n) is 4.17. The first-order chi connectivity index (χ1) is 15.0. The molecule has 2 heterocycles. The van der Waals surface area contributed by atoms with Crippen LogP contribution in [0.4, 0.5) is 0 Å². The summed E-state index contributed by atoms with van der Waals surface area (Å²) in [6, 6.07) is 11.7. The Bertz CT molecular complexity index is 891. The highest BCUT2D eigenvalue weighted by molar-refractivity contribution is 7.10. The molecule has 1 atom stereocenters. The first kappa shape index (κ1) is 21.9. The molecule has 1 aromatic carbocycles. The minimum atomic E-state index is -0.120. The molecule has 4 rings (SSSR count). The van der Waals surface area contributed by atoms with Crippen molar-refractivity contribution in [2.75, 3.05) is 26.2 Å². The lowest BCUT2D eigenvalue weighted by Crippen LogP contribution is -2.48. The molecule has 6 heteroatoms. The van der Waals surface area contributed by atoms with E-state index in [1.165, 1.54) is 10.4 Å². The number of para-hydroxylation sites is 1. The molecule has 0 spiro atoms. The average molecular weight is 441 g/mol. The Kier molecular flexibility index (Phi) is 6.96. The van der Waals surface area contributed by atoms with Gasteiger partial charge in [-0.3, -0.25) is 9.59 Å². The van der Waals surface area contributed by atoms with E-state index in [0.717, 1.165) is 25.0 Å². The average Bonchev–Trinajstić information content (AvgIpc) is 3.44. The zero-order chi connectivity index (χ0) is 21.8. The van der Waals surface area contributed by atoms with Crippen LogP contribution in [0, 0.1) is 11.8 Å². The van der Waals surface area contributed by atoms with E-state index < -0.39 is 0 Å². The summed E-state index contributed by atoms with van der Waals surface area (Å²) in [5.41, 5.74) is 1.18. The van der Waals surface area contributed by atoms with Crippen molar-refractivity contribution in [2.24, 2.45) is 11.8 Å². The van der Waals surface area contributed by atoms with E-state index >= 15 is 0 Å². The van der Waals surface area contributed by atoms with Gasteiger partial charge in [-0.2, -0.15) is 0 Å². The Labute approximate surface area is 189 Å². The Morgan fingerprint density at radius 2 is 1.97 bits per heavy atom. The Balaban J connectivity index is 1.48. The minimum Gasteiger partial charge on any atom is -0.491 e. The highest BCUT2D eigenvalue weighted by Gasteiger charge is 2.35. The summed E-state index contributed by atoms with van der Waals surface area (Å²) < 4.78 is 6.06. The van der Waals surface area contributed by atoms with Crippen molar-refractivity contribution in [1.82, 2.24) is 9.80 Å². The van der Waals surface area contributed by atoms with Crippen molar-refractivity contribution in [1.29, 1.82) is 0 Å². The number of nitrogens with zero attached hydrogens (tertiary/aromatic N) is 2. The molecule has 1 aliphatic heterocycles. The van der Waals surface area contributed by atoms with E-state index in [2.05, 4.69) is 25.3 Å². The largest absolute Gasteiger partial charge is 0.491 e. The third kappa shape index (κ3) is 5.67. The second kappa shape index (κ2) is 9.86. The predicted molar refractivity (Wildman–Crippen MR) is 123 cm³/mol. The molecule has 1 saturated carbocycles. The van der Waals surface area contributed by atoms with Crippen LogP contribution >= 0.6 is 11.3 Å². The maximum absolute atomic E-state index is 13.4. The molecule has 0 N–H and O–H groups in total. The van der Waals surface area contributed by atoms with Crippen LogP contribution in [0.15, 0.2) is 41.8 Å². The quantitative estimate of drug-likeness (QED) is 0.575. The summed E-state index contributed by atoms with van der Waals surface area (Å²) in [7, 11) is 0. The van der Waals surface area contributed by atoms with Gasteiger partial charge in [-0.15, -0.1) is 11.3 Å². The zero-order valence-electron chi connectivity index (χ0n) is 18.5. The van der Waals surface area contributed by atoms with Crippen molar-refractivity contribution < 1.29 is 14.3 Å². The number of carbonyl (C=O) groups is 2. The van der Waals surface area contributed by atoms with Crippen LogP contribution in [0.5, 0.6) is 5.75 Å². The number of amides is 2. The smallest absolute Gasteiger partial charge is 0.242 e. The summed E-state index contributed by atoms with van der Waals surface area (Å²) in [6.45, 7) is 6.07. The van der Waals surface area contributed by atoms with Crippen LogP contribution < -0.4 is 4.74 Å². The summed E-state index contributed by atoms with van der Waals surface area (Å²) in [5.74, 6) is 1.78. The van der Waals surface area contributed by atoms with E-state index in [4.69, 9.17) is 4.74 Å². The lowest BCUT2D eigenvalue weighted by molar-refractivity contribution is -0.143. The second-order valence-electron chi connectivity index (χ2n) is 9.09. The third-order valence-corrected chi connectivity index (χ3v) is 7.00. The van der Waals surface area contributed by atoms with Gasteiger partial charge in [-0.25, -0.2) is 0 Å². The number of rotatable bonds is 9. The molecular weight excluding hydrogens is 408 g/mol. The number of carbonyl (C=O) groups excluding carboxylic acids is 2. The van der Waals surface area contributed by atoms with E-state index in [0.29, 0.717) is 38.0 Å². The second-order valence-corrected chi connectivity index (χ2v) is 10.1. The summed E-state index contributed by atoms with van der Waals surface area (Å²) >= 11 is 1.75. The van der Waals surface area contributed by atoms with Crippen LogP contribution in [-0.4, -0.2) is 47.9 Å². The molecule has 2 aromatic rings. The number of hydrogen-bond donors (Lipinski definition) is 0. The molecular formula is C25H32N2O3S. The molecule has 1 fully saturated rings. The Hall–Kier alpha value is -2.34. The standard InChI is InChI=1S/C25H32N2O3S/c1-18(2)14-24(28)26(15-19-8-9-19)16-25(29)27-12-10-23-21(11-13-31-23)22(27)17-30-20-6-4-3-5-7-20/h3-7,11,13,18-19,22H,8-10,12,14-17H2,1-2H3/t22-/m0/s1. The van der Waals surface area contributed by atoms with Gasteiger partial charge in [0.05, 0.1) is 12.6 Å². The topological polar surface area (TPSA) is 49.9 Å². The fraction of sp³-hybridized carbons (Fsp3) is 0.520. The molecule has 5 nitrogen and oxygen atoms in total. The number of hydrogen-bond acceptors (Lipinski definition) is 4. The molecule has 2 aliphatic rings. The van der Waals surface area contributed by atoms with Crippen LogP contribution in [-0.2, 0) is 16.0 Å². The van der Waals surface area contributed by atoms with Crippen LogP contribution in [0.1, 0.15) is 49.6 Å². The van der Waals surface area contributed by atoms with Gasteiger partial charge in [0.25, 0.3) is 0 Å². The first-order valence-corrected chi connectivity index (χ1v) is 12.2. The molecule has 0 unspecified atom stereocenters. The van der Waals surface area contributed by atoms with Crippen molar-refractivity contribution in [3.63, 3.8) is 0 Å². The predicted octanol–water partition coefficient (Wildman–Crippen LogP) is 4.54. The van der Waals surface area contributed by atoms with Gasteiger partial charge in [0.1, 0.15) is 12.4 Å². The third-order valence-electron chi connectivity index (χ3n) is 6.00. The molecule has 1 aliphatic carbocycles. The van der Waals surface area contributed by atoms with Crippen molar-refractivity contribution in [3.05, 3.63) is 52.2 Å². The number of ether oxygens (including phenoxy) is 1. The monoisotopic (exact) mass is 440 g/mol. The maximum Gasteiger partial charge on any atom is 0.242 e. The van der Waals surface area contributed by atoms with E-state index in [-0.39, 0.29) is 24.4 Å². The molecule has 31 heavy (non-hydrogen) atoms. The molecule has 1 aromatic heterocycles. The number of benzene rings is 1. The lowest BCUT2D eigenvalue weighted by Gasteiger charge is -2.37. The van der Waals surface area contributed by atoms with Crippen molar-refractivity contribution in [3.8, 4) is 5.75 Å². The SMILES string of the molecule is CC(C)CC(=O)N(CC(=O)N1CCc2sccc2[C@@H]1COc1ccccc1)CC1CC1. The highest BCUT2D eigenvalue weighted by atomic mass is 32.1. The van der Waals surface area contributed by atoms with E-state index in [1.807, 2.05) is 35.2 Å². The van der Waals surface area contributed by atoms with Crippen molar-refractivity contribution >= 4 is 23.2 Å². The zero-order valence-corrected chi connectivity index (χ0v) is 19.3. The van der Waals surface area contributed by atoms with Gasteiger partial charge in [0, 0.05) is 24.4 Å². The fourth-order valence-corrected chi connectivity index (χ4v) is 5.09. The summed E-state index contributed by atoms with van der Waals surface area (Å²) in [4.78, 5) is 31.3. The van der Waals surface area contributed by atoms with Gasteiger partial charge in [0.2, 0.25) is 11.8 Å². The molecule has 0 saturated heterocycles. The highest BCUT2D eigenvalue weighted by Crippen LogP contribution is 2.34. The van der Waals surface area contributed by atoms with Gasteiger partial charge in [-0.1, -0.05) is 32.0 Å². The van der Waals surface area contributed by atoms with Gasteiger partial charge < -0.3 is 14.5 Å². The van der Waals surface area contributed by atoms with Gasteiger partial charge >= 0.3 is 0 Å². The van der Waals surface area contributed by atoms with Crippen LogP contribution in [0.3, 0.4) is 0 Å². The van der Waals surface area contributed by atoms with E-state index in [9.17, 15) is 9.59 Å². The minimum absolute atomic E-state index is 0.0243. The normalized spacial score (nSPS) is 18.0. The first-order valence-electron chi connectivity index (χ1n) is 11.3. The molecule has 0 radical (unpaired) electrons. The van der Waals surface area contributed by atoms with Crippen LogP contribution in [0.2, 0.25) is 0 Å². The van der Waals surface area contributed by atoms with E-state index in [1.54, 1.807) is 16.2 Å². The Morgan fingerprint density at radius 3 is 2.68 bits per heavy atom. The number of thiophene rings is 1. The molecule has 166 valence electrons. The Morgan fingerprint density at radius 1 is 1.19 bits per heavy atom. The molecule has 2 amide bonds. The number of fused-ring (bicyclic) bond motifs is 1. The lowest BCUT2D eigenvalue weighted by atomic mass is 10.00. The van der Waals surface area contributed by atoms with Gasteiger partial charge in [0.15, 0.2) is 0 Å². The summed E-state index contributed by atoms with van der Waals surface area (Å²) in [5, 5.41) is 2.10. The van der Waals surface area contributed by atoms with Crippen molar-refractivity contribution in [2.45, 2.75) is 45.6 Å². The van der Waals surface area contributed by atoms with Crippen LogP contribution in [0.25, 0.3) is 0 Å².